The molecule has 0 aromatic carbocycles. The maximum Gasteiger partial charge on any atom is 0.128 e. The Hall–Kier alpha value is -0.960. The fourth-order valence-electron chi connectivity index (χ4n) is 2.27. The maximum atomic E-state index is 9.95. The fraction of sp³-hybridized carbons (Fsp3) is 0.667. The summed E-state index contributed by atoms with van der Waals surface area (Å²) in [5.74, 6) is 1.22. The molecule has 82 valence electrons. The van der Waals surface area contributed by atoms with Crippen LogP contribution in [0.4, 0.5) is 0 Å². The highest BCUT2D eigenvalue weighted by atomic mass is 16.3. The number of aliphatic hydroxyl groups is 1. The molecule has 3 heteroatoms. The highest BCUT2D eigenvalue weighted by molar-refractivity contribution is 4.92. The number of nitrogens with zero attached hydrogens (tertiary/aromatic N) is 2. The van der Waals surface area contributed by atoms with Gasteiger partial charge in [0.05, 0.1) is 6.10 Å². The van der Waals surface area contributed by atoms with E-state index in [9.17, 15) is 5.11 Å². The second-order valence-corrected chi connectivity index (χ2v) is 4.33. The van der Waals surface area contributed by atoms with Gasteiger partial charge in [0.1, 0.15) is 5.82 Å². The molecule has 15 heavy (non-hydrogen) atoms. The molecule has 0 spiro atoms. The van der Waals surface area contributed by atoms with Gasteiger partial charge in [0, 0.05) is 18.8 Å². The predicted octanol–water partition coefficient (Wildman–Crippen LogP) is 1.96. The standard InChI is InChI=1S/C12H18N2O/c15-11-6-3-1-2-5-10(11)9-12-13-7-4-8-14-12/h4,7-8,10-11,15H,1-3,5-6,9H2. The lowest BCUT2D eigenvalue weighted by Gasteiger charge is -2.18. The molecule has 1 saturated carbocycles. The normalized spacial score (nSPS) is 27.3. The van der Waals surface area contributed by atoms with Gasteiger partial charge >= 0.3 is 0 Å². The molecule has 1 aromatic heterocycles. The SMILES string of the molecule is OC1CCCCCC1Cc1ncccn1. The first-order chi connectivity index (χ1) is 7.36. The van der Waals surface area contributed by atoms with E-state index in [0.717, 1.165) is 31.5 Å². The average Bonchev–Trinajstić information content (AvgIpc) is 2.46. The molecular weight excluding hydrogens is 188 g/mol. The zero-order valence-corrected chi connectivity index (χ0v) is 8.97. The Kier molecular flexibility index (Phi) is 3.67. The first kappa shape index (κ1) is 10.6. The topological polar surface area (TPSA) is 46.0 Å². The van der Waals surface area contributed by atoms with Crippen molar-refractivity contribution < 1.29 is 5.11 Å². The van der Waals surface area contributed by atoms with Gasteiger partial charge in [-0.2, -0.15) is 0 Å². The monoisotopic (exact) mass is 206 g/mol. The fourth-order valence-corrected chi connectivity index (χ4v) is 2.27. The molecule has 2 rings (SSSR count). The predicted molar refractivity (Wildman–Crippen MR) is 58.3 cm³/mol. The van der Waals surface area contributed by atoms with Crippen LogP contribution in [0, 0.1) is 5.92 Å². The van der Waals surface area contributed by atoms with Crippen LogP contribution in [0.5, 0.6) is 0 Å². The third kappa shape index (κ3) is 2.99. The van der Waals surface area contributed by atoms with Crippen molar-refractivity contribution in [1.29, 1.82) is 0 Å². The van der Waals surface area contributed by atoms with Crippen molar-refractivity contribution in [3.05, 3.63) is 24.3 Å². The van der Waals surface area contributed by atoms with Gasteiger partial charge in [0.25, 0.3) is 0 Å². The first-order valence-electron chi connectivity index (χ1n) is 5.80. The van der Waals surface area contributed by atoms with Crippen LogP contribution in [-0.4, -0.2) is 21.2 Å². The molecule has 3 nitrogen and oxygen atoms in total. The van der Waals surface area contributed by atoms with Crippen molar-refractivity contribution in [2.75, 3.05) is 0 Å². The Labute approximate surface area is 90.6 Å². The zero-order chi connectivity index (χ0) is 10.5. The van der Waals surface area contributed by atoms with E-state index in [0.29, 0.717) is 5.92 Å². The summed E-state index contributed by atoms with van der Waals surface area (Å²) in [7, 11) is 0. The van der Waals surface area contributed by atoms with Crippen LogP contribution in [0.15, 0.2) is 18.5 Å². The lowest BCUT2D eigenvalue weighted by Crippen LogP contribution is -2.21. The highest BCUT2D eigenvalue weighted by Crippen LogP contribution is 2.25. The van der Waals surface area contributed by atoms with E-state index in [4.69, 9.17) is 0 Å². The Bertz CT molecular complexity index is 289. The summed E-state index contributed by atoms with van der Waals surface area (Å²) >= 11 is 0. The van der Waals surface area contributed by atoms with E-state index >= 15 is 0 Å². The van der Waals surface area contributed by atoms with E-state index < -0.39 is 0 Å². The summed E-state index contributed by atoms with van der Waals surface area (Å²) in [6.45, 7) is 0. The van der Waals surface area contributed by atoms with Crippen molar-refractivity contribution in [1.82, 2.24) is 9.97 Å². The van der Waals surface area contributed by atoms with Gasteiger partial charge in [0.15, 0.2) is 0 Å². The molecule has 1 N–H and O–H groups in total. The van der Waals surface area contributed by atoms with Gasteiger partial charge in [-0.15, -0.1) is 0 Å². The first-order valence-corrected chi connectivity index (χ1v) is 5.80. The second kappa shape index (κ2) is 5.21. The smallest absolute Gasteiger partial charge is 0.128 e. The van der Waals surface area contributed by atoms with Crippen LogP contribution in [0.1, 0.15) is 37.9 Å². The summed E-state index contributed by atoms with van der Waals surface area (Å²) in [5, 5.41) is 9.95. The molecule has 1 aliphatic carbocycles. The number of aromatic nitrogens is 2. The summed E-state index contributed by atoms with van der Waals surface area (Å²) in [4.78, 5) is 8.43. The minimum Gasteiger partial charge on any atom is -0.393 e. The number of hydrogen-bond acceptors (Lipinski definition) is 3. The van der Waals surface area contributed by atoms with Crippen LogP contribution < -0.4 is 0 Å². The van der Waals surface area contributed by atoms with E-state index in [1.54, 1.807) is 12.4 Å². The summed E-state index contributed by atoms with van der Waals surface area (Å²) < 4.78 is 0. The van der Waals surface area contributed by atoms with Crippen LogP contribution in [0.3, 0.4) is 0 Å². The van der Waals surface area contributed by atoms with Gasteiger partial charge in [-0.25, -0.2) is 9.97 Å². The summed E-state index contributed by atoms with van der Waals surface area (Å²) in [6.07, 6.45) is 9.90. The summed E-state index contributed by atoms with van der Waals surface area (Å²) in [6, 6.07) is 1.83. The molecule has 1 fully saturated rings. The van der Waals surface area contributed by atoms with E-state index in [1.165, 1.54) is 12.8 Å². The average molecular weight is 206 g/mol. The molecule has 2 unspecified atom stereocenters. The number of aliphatic hydroxyl groups excluding tert-OH is 1. The molecule has 0 radical (unpaired) electrons. The third-order valence-corrected chi connectivity index (χ3v) is 3.18. The maximum absolute atomic E-state index is 9.95. The van der Waals surface area contributed by atoms with Crippen molar-refractivity contribution in [2.24, 2.45) is 5.92 Å². The Morgan fingerprint density at radius 2 is 1.87 bits per heavy atom. The molecule has 0 aliphatic heterocycles. The van der Waals surface area contributed by atoms with Crippen LogP contribution in [0.2, 0.25) is 0 Å². The quantitative estimate of drug-likeness (QED) is 0.752. The molecule has 0 bridgehead atoms. The van der Waals surface area contributed by atoms with E-state index in [2.05, 4.69) is 9.97 Å². The van der Waals surface area contributed by atoms with Crippen molar-refractivity contribution in [2.45, 2.75) is 44.6 Å². The van der Waals surface area contributed by atoms with E-state index in [-0.39, 0.29) is 6.10 Å². The molecule has 0 amide bonds. The molecule has 1 heterocycles. The van der Waals surface area contributed by atoms with Gasteiger partial charge in [-0.1, -0.05) is 19.3 Å². The lowest BCUT2D eigenvalue weighted by atomic mass is 9.93. The molecule has 2 atom stereocenters. The molecule has 0 saturated heterocycles. The van der Waals surface area contributed by atoms with Crippen molar-refractivity contribution in [3.63, 3.8) is 0 Å². The Morgan fingerprint density at radius 1 is 1.13 bits per heavy atom. The number of rotatable bonds is 2. The van der Waals surface area contributed by atoms with Crippen LogP contribution in [0.25, 0.3) is 0 Å². The Balaban J connectivity index is 1.97. The minimum absolute atomic E-state index is 0.156. The highest BCUT2D eigenvalue weighted by Gasteiger charge is 2.22. The van der Waals surface area contributed by atoms with Crippen molar-refractivity contribution >= 4 is 0 Å². The van der Waals surface area contributed by atoms with Crippen LogP contribution >= 0.6 is 0 Å². The van der Waals surface area contributed by atoms with Gasteiger partial charge < -0.3 is 5.11 Å². The third-order valence-electron chi connectivity index (χ3n) is 3.18. The van der Waals surface area contributed by atoms with Crippen molar-refractivity contribution in [3.8, 4) is 0 Å². The van der Waals surface area contributed by atoms with Gasteiger partial charge in [-0.3, -0.25) is 0 Å². The zero-order valence-electron chi connectivity index (χ0n) is 8.97. The number of hydrogen-bond donors (Lipinski definition) is 1. The molecular formula is C12H18N2O. The van der Waals surface area contributed by atoms with E-state index in [1.807, 2.05) is 6.07 Å². The lowest BCUT2D eigenvalue weighted by molar-refractivity contribution is 0.0995. The second-order valence-electron chi connectivity index (χ2n) is 4.33. The molecule has 1 aromatic rings. The van der Waals surface area contributed by atoms with Crippen LogP contribution in [-0.2, 0) is 6.42 Å². The Morgan fingerprint density at radius 3 is 2.67 bits per heavy atom. The largest absolute Gasteiger partial charge is 0.393 e. The minimum atomic E-state index is -0.156. The molecule has 1 aliphatic rings. The van der Waals surface area contributed by atoms with Gasteiger partial charge in [0.2, 0.25) is 0 Å². The van der Waals surface area contributed by atoms with Gasteiger partial charge in [-0.05, 0) is 24.8 Å². The summed E-state index contributed by atoms with van der Waals surface area (Å²) in [5.41, 5.74) is 0.